The number of fused-ring (bicyclic) bond motifs is 1. The fraction of sp³-hybridized carbons (Fsp3) is 0.542. The topological polar surface area (TPSA) is 98.7 Å². The van der Waals surface area contributed by atoms with Gasteiger partial charge in [-0.1, -0.05) is 18.2 Å². The number of benzene rings is 1. The van der Waals surface area contributed by atoms with Gasteiger partial charge >= 0.3 is 12.1 Å². The van der Waals surface area contributed by atoms with E-state index in [2.05, 4.69) is 15.2 Å². The van der Waals surface area contributed by atoms with E-state index in [0.29, 0.717) is 13.1 Å². The molecule has 0 aliphatic heterocycles. The van der Waals surface area contributed by atoms with Crippen molar-refractivity contribution in [3.8, 4) is 0 Å². The van der Waals surface area contributed by atoms with Gasteiger partial charge in [-0.15, -0.1) is 0 Å². The van der Waals surface area contributed by atoms with Crippen molar-refractivity contribution in [2.24, 2.45) is 0 Å². The molecule has 1 aromatic heterocycles. The summed E-state index contributed by atoms with van der Waals surface area (Å²) < 4.78 is 13.0. The minimum absolute atomic E-state index is 0. The maximum Gasteiger partial charge on any atom is 0.408 e. The van der Waals surface area contributed by atoms with Gasteiger partial charge in [0.05, 0.1) is 0 Å². The van der Waals surface area contributed by atoms with Crippen LogP contribution in [0.1, 0.15) is 53.5 Å². The number of aromatic nitrogens is 1. The number of nitrogens with zero attached hydrogens (tertiary/aromatic N) is 1. The smallest absolute Gasteiger partial charge is 0.408 e. The molecule has 0 aliphatic rings. The number of amides is 2. The molecule has 2 amide bonds. The average molecular weight is 702 g/mol. The molecule has 1 aromatic carbocycles. The molecule has 0 aliphatic carbocycles. The van der Waals surface area contributed by atoms with Crippen LogP contribution in [0.4, 0.5) is 4.79 Å². The van der Waals surface area contributed by atoms with Gasteiger partial charge in [0.25, 0.3) is 0 Å². The third-order valence-electron chi connectivity index (χ3n) is 4.45. The van der Waals surface area contributed by atoms with Crippen molar-refractivity contribution >= 4 is 29.4 Å². The van der Waals surface area contributed by atoms with Gasteiger partial charge in [0.1, 0.15) is 17.2 Å². The number of esters is 1. The maximum absolute atomic E-state index is 12.9. The molecule has 188 valence electrons. The Morgan fingerprint density at radius 3 is 2.30 bits per heavy atom. The zero-order valence-corrected chi connectivity index (χ0v) is 22.5. The molecule has 0 radical (unpaired) electrons. The second kappa shape index (κ2) is 11.0. The average Bonchev–Trinajstić information content (AvgIpc) is 3.00. The monoisotopic (exact) mass is 701 g/mol. The summed E-state index contributed by atoms with van der Waals surface area (Å²) in [4.78, 5) is 35.7. The van der Waals surface area contributed by atoms with Crippen molar-refractivity contribution in [2.75, 3.05) is 6.54 Å². The van der Waals surface area contributed by atoms with Crippen LogP contribution in [0.3, 0.4) is 0 Å². The van der Waals surface area contributed by atoms with E-state index in [1.165, 1.54) is 0 Å². The third-order valence-corrected chi connectivity index (χ3v) is 4.45. The number of ether oxygens (including phenoxy) is 2. The summed E-state index contributed by atoms with van der Waals surface area (Å²) in [5.74, 6) is -0.522. The molecule has 2 N–H and O–H groups in total. The Morgan fingerprint density at radius 1 is 1.06 bits per heavy atom. The van der Waals surface area contributed by atoms with Crippen LogP contribution >= 0.6 is 0 Å². The van der Waals surface area contributed by atoms with Crippen molar-refractivity contribution in [3.63, 3.8) is 0 Å². The van der Waals surface area contributed by atoms with Crippen molar-refractivity contribution in [1.29, 1.82) is 0 Å². The molecule has 8 nitrogen and oxygen atoms in total. The van der Waals surface area contributed by atoms with E-state index in [1.807, 2.05) is 30.5 Å². The zero-order valence-electron chi connectivity index (χ0n) is 20.1. The molecule has 9 heteroatoms. The minimum atomic E-state index is -0.908. The SMILES string of the molecule is CC(C)(C)OC(=O)NC(Cc1cn(CCCN[C-]=O)c2ccccc12)C(=O)OC(C)(C)C.[Fm]. The molecule has 2 aromatic rings. The van der Waals surface area contributed by atoms with Gasteiger partial charge in [-0.2, -0.15) is 6.41 Å². The Hall–Kier alpha value is -4.03. The number of carbonyl (C=O) groups excluding carboxylic acids is 3. The Bertz CT molecular complexity index is 944. The van der Waals surface area contributed by atoms with Crippen molar-refractivity contribution in [1.82, 2.24) is 15.2 Å². The molecule has 2 rings (SSSR count). The number of hydrogen-bond acceptors (Lipinski definition) is 5. The van der Waals surface area contributed by atoms with Crippen LogP contribution in [0, 0.1) is 0 Å². The Morgan fingerprint density at radius 2 is 1.70 bits per heavy atom. The first-order valence-corrected chi connectivity index (χ1v) is 10.8. The van der Waals surface area contributed by atoms with E-state index < -0.39 is 29.3 Å². The fourth-order valence-electron chi connectivity index (χ4n) is 3.30. The van der Waals surface area contributed by atoms with E-state index >= 15 is 0 Å². The van der Waals surface area contributed by atoms with Crippen LogP contribution < -0.4 is 10.6 Å². The van der Waals surface area contributed by atoms with Crippen LogP contribution in [0.5, 0.6) is 0 Å². The van der Waals surface area contributed by atoms with E-state index in [1.54, 1.807) is 48.0 Å². The summed E-state index contributed by atoms with van der Waals surface area (Å²) in [5.41, 5.74) is 0.535. The van der Waals surface area contributed by atoms with Gasteiger partial charge in [0.15, 0.2) is 0 Å². The summed E-state index contributed by atoms with van der Waals surface area (Å²) in [6.07, 6.45) is 3.96. The van der Waals surface area contributed by atoms with Crippen molar-refractivity contribution in [3.05, 3.63) is 36.0 Å². The zero-order chi connectivity index (χ0) is 23.9. The molecular weight excluding hydrogens is 667 g/mol. The predicted molar refractivity (Wildman–Crippen MR) is 123 cm³/mol. The van der Waals surface area contributed by atoms with E-state index in [0.717, 1.165) is 22.9 Å². The summed E-state index contributed by atoms with van der Waals surface area (Å²) in [6, 6.07) is 6.96. The predicted octanol–water partition coefficient (Wildman–Crippen LogP) is 3.47. The van der Waals surface area contributed by atoms with E-state index in [9.17, 15) is 14.4 Å². The van der Waals surface area contributed by atoms with Crippen LogP contribution in [0.2, 0.25) is 0 Å². The third kappa shape index (κ3) is 8.55. The number of para-hydroxylation sites is 1. The Balaban J connectivity index is 0.00000544. The first-order valence-electron chi connectivity index (χ1n) is 10.8. The summed E-state index contributed by atoms with van der Waals surface area (Å²) >= 11 is 0. The number of carbonyl (C=O) groups is 2. The summed E-state index contributed by atoms with van der Waals surface area (Å²) in [5, 5.41) is 6.21. The van der Waals surface area contributed by atoms with Gasteiger partial charge < -0.3 is 29.5 Å². The molecule has 0 fully saturated rings. The molecule has 1 heterocycles. The minimum Gasteiger partial charge on any atom is -0.530 e. The first kappa shape index (κ1) is 27.0. The Labute approximate surface area is 189 Å². The molecular formula is C24H34FmN3O5-. The Kier molecular flexibility index (Phi) is 9.02. The van der Waals surface area contributed by atoms with Crippen LogP contribution in [-0.2, 0) is 32.0 Å². The molecule has 0 spiro atoms. The second-order valence-corrected chi connectivity index (χ2v) is 9.68. The van der Waals surface area contributed by atoms with E-state index in [-0.39, 0.29) is 6.42 Å². The van der Waals surface area contributed by atoms with Gasteiger partial charge in [0.2, 0.25) is 0 Å². The molecule has 0 saturated heterocycles. The molecule has 33 heavy (non-hydrogen) atoms. The van der Waals surface area contributed by atoms with Gasteiger partial charge in [0, 0.05) is 30.1 Å². The maximum atomic E-state index is 12.9. The van der Waals surface area contributed by atoms with Gasteiger partial charge in [-0.05, 0) is 66.1 Å². The fourth-order valence-corrected chi connectivity index (χ4v) is 3.30. The first-order chi connectivity index (χ1) is 14.9. The molecule has 1 unspecified atom stereocenters. The van der Waals surface area contributed by atoms with E-state index in [4.69, 9.17) is 9.47 Å². The molecule has 0 saturated carbocycles. The number of aryl methyl sites for hydroxylation is 1. The number of alkyl carbamates (subject to hydrolysis) is 1. The largest absolute Gasteiger partial charge is 0.530 e. The quantitative estimate of drug-likeness (QED) is 0.181. The molecule has 1 atom stereocenters. The number of nitrogens with one attached hydrogen (secondary N) is 2. The summed E-state index contributed by atoms with van der Waals surface area (Å²) in [7, 11) is 0. The van der Waals surface area contributed by atoms with Crippen molar-refractivity contribution in [2.45, 2.75) is 78.2 Å². The van der Waals surface area contributed by atoms with Gasteiger partial charge in [-0.3, -0.25) is 0 Å². The molecule has 0 bridgehead atoms. The number of rotatable bonds is 9. The van der Waals surface area contributed by atoms with Crippen LogP contribution in [-0.4, -0.2) is 46.8 Å². The second-order valence-electron chi connectivity index (χ2n) is 9.68. The van der Waals surface area contributed by atoms with Crippen LogP contribution in [0.15, 0.2) is 30.5 Å². The normalized spacial score (nSPS) is 12.4. The number of hydrogen-bond donors (Lipinski definition) is 2. The van der Waals surface area contributed by atoms with Crippen LogP contribution in [0.25, 0.3) is 10.9 Å². The summed E-state index contributed by atoms with van der Waals surface area (Å²) in [6.45, 7) is 11.8. The van der Waals surface area contributed by atoms with Crippen molar-refractivity contribution < 1.29 is 23.9 Å². The standard InChI is InChI=1S/C24H34N3O5.Fm/c1-23(2,3)31-21(29)19(26-22(30)32-24(4,5)6)14-17-15-27(13-9-12-25-16-28)20-11-8-7-10-18(17)20;/h7-8,10-11,15,19H,9,12-14H2,1-6H3,(H,25,28)(H,26,30);/q-1;. The van der Waals surface area contributed by atoms with Gasteiger partial charge in [-0.25, -0.2) is 9.59 Å².